The summed E-state index contributed by atoms with van der Waals surface area (Å²) in [5, 5.41) is 7.21. The molecule has 8 nitrogen and oxygen atoms in total. The minimum Gasteiger partial charge on any atom is -0.446 e. The highest BCUT2D eigenvalue weighted by atomic mass is 32.2. The molecule has 0 aliphatic heterocycles. The number of hydrogen-bond acceptors (Lipinski definition) is 7. The van der Waals surface area contributed by atoms with Gasteiger partial charge in [-0.1, -0.05) is 0 Å². The number of nitrogens with zero attached hydrogens (tertiary/aromatic N) is 3. The Labute approximate surface area is 110 Å². The van der Waals surface area contributed by atoms with Crippen LogP contribution in [-0.2, 0) is 16.6 Å². The molecule has 102 valence electrons. The van der Waals surface area contributed by atoms with Gasteiger partial charge in [-0.3, -0.25) is 0 Å². The Morgan fingerprint density at radius 2 is 2.00 bits per heavy atom. The quantitative estimate of drug-likeness (QED) is 0.829. The van der Waals surface area contributed by atoms with Crippen LogP contribution in [0.15, 0.2) is 21.6 Å². The molecule has 0 spiro atoms. The van der Waals surface area contributed by atoms with Crippen LogP contribution in [-0.4, -0.2) is 23.6 Å². The van der Waals surface area contributed by atoms with Crippen LogP contribution in [0.4, 0.5) is 5.95 Å². The second kappa shape index (κ2) is 4.94. The van der Waals surface area contributed by atoms with Gasteiger partial charge in [0.2, 0.25) is 5.09 Å². The zero-order valence-electron chi connectivity index (χ0n) is 10.4. The summed E-state index contributed by atoms with van der Waals surface area (Å²) in [6.07, 6.45) is 0. The molecule has 3 N–H and O–H groups in total. The van der Waals surface area contributed by atoms with E-state index >= 15 is 0 Å². The van der Waals surface area contributed by atoms with E-state index in [4.69, 9.17) is 10.2 Å². The lowest BCUT2D eigenvalue weighted by Crippen LogP contribution is -2.15. The van der Waals surface area contributed by atoms with Crippen molar-refractivity contribution in [3.8, 4) is 0 Å². The van der Waals surface area contributed by atoms with E-state index in [1.165, 1.54) is 12.1 Å². The summed E-state index contributed by atoms with van der Waals surface area (Å²) in [7, 11) is -3.87. The average molecular weight is 283 g/mol. The third kappa shape index (κ3) is 2.88. The third-order valence-electron chi connectivity index (χ3n) is 2.42. The number of sulfonamides is 1. The Morgan fingerprint density at radius 1 is 1.26 bits per heavy atom. The molecule has 2 aromatic heterocycles. The van der Waals surface area contributed by atoms with Crippen molar-refractivity contribution in [1.82, 2.24) is 15.2 Å². The van der Waals surface area contributed by atoms with Crippen LogP contribution in [0.3, 0.4) is 0 Å². The van der Waals surface area contributed by atoms with Gasteiger partial charge in [-0.25, -0.2) is 9.71 Å². The Balaban J connectivity index is 2.28. The number of aryl methyl sites for hydroxylation is 2. The Hall–Kier alpha value is -2.00. The molecule has 0 aliphatic carbocycles. The standard InChI is InChI=1S/C10H13N5O3S/c1-6-7(2)13-14-10(12-6)15-19(16,17)9-4-3-8(5-11)18-9/h3-4H,5,11H2,1-2H3,(H,12,14,15). The Kier molecular flexibility index (Phi) is 3.49. The van der Waals surface area contributed by atoms with Crippen LogP contribution in [0.2, 0.25) is 0 Å². The highest BCUT2D eigenvalue weighted by Crippen LogP contribution is 2.16. The smallest absolute Gasteiger partial charge is 0.297 e. The molecule has 0 fully saturated rings. The molecular weight excluding hydrogens is 270 g/mol. The zero-order chi connectivity index (χ0) is 14.0. The highest BCUT2D eigenvalue weighted by molar-refractivity contribution is 7.92. The summed E-state index contributed by atoms with van der Waals surface area (Å²) in [6, 6.07) is 2.81. The van der Waals surface area contributed by atoms with Crippen molar-refractivity contribution in [2.45, 2.75) is 25.5 Å². The molecule has 0 bridgehead atoms. The molecule has 0 amide bonds. The number of anilines is 1. The first-order valence-electron chi connectivity index (χ1n) is 5.42. The maximum atomic E-state index is 12.0. The predicted molar refractivity (Wildman–Crippen MR) is 66.7 cm³/mol. The van der Waals surface area contributed by atoms with Crippen LogP contribution in [0, 0.1) is 13.8 Å². The molecular formula is C10H13N5O3S. The van der Waals surface area contributed by atoms with E-state index in [-0.39, 0.29) is 17.6 Å². The van der Waals surface area contributed by atoms with Crippen LogP contribution in [0.25, 0.3) is 0 Å². The number of nitrogens with one attached hydrogen (secondary N) is 1. The van der Waals surface area contributed by atoms with Crippen molar-refractivity contribution in [2.75, 3.05) is 4.72 Å². The molecule has 9 heteroatoms. The van der Waals surface area contributed by atoms with Gasteiger partial charge in [0, 0.05) is 0 Å². The molecule has 0 unspecified atom stereocenters. The lowest BCUT2D eigenvalue weighted by atomic mass is 10.4. The van der Waals surface area contributed by atoms with E-state index < -0.39 is 10.0 Å². The SMILES string of the molecule is Cc1nnc(NS(=O)(=O)c2ccc(CN)o2)nc1C. The summed E-state index contributed by atoms with van der Waals surface area (Å²) in [5.74, 6) is 0.272. The predicted octanol–water partition coefficient (Wildman–Crippen LogP) is 0.341. The number of aromatic nitrogens is 3. The fourth-order valence-corrected chi connectivity index (χ4v) is 2.17. The summed E-state index contributed by atoms with van der Waals surface area (Å²) in [6.45, 7) is 3.56. The molecule has 0 saturated heterocycles. The highest BCUT2D eigenvalue weighted by Gasteiger charge is 2.20. The van der Waals surface area contributed by atoms with Crippen molar-refractivity contribution in [1.29, 1.82) is 0 Å². The number of hydrogen-bond donors (Lipinski definition) is 2. The lowest BCUT2D eigenvalue weighted by Gasteiger charge is -2.04. The van der Waals surface area contributed by atoms with Gasteiger partial charge in [0.25, 0.3) is 16.0 Å². The zero-order valence-corrected chi connectivity index (χ0v) is 11.2. The molecule has 2 heterocycles. The molecule has 0 aliphatic rings. The second-order valence-electron chi connectivity index (χ2n) is 3.84. The molecule has 0 aromatic carbocycles. The minimum atomic E-state index is -3.87. The molecule has 2 aromatic rings. The van der Waals surface area contributed by atoms with Gasteiger partial charge in [0.15, 0.2) is 0 Å². The van der Waals surface area contributed by atoms with Gasteiger partial charge in [-0.2, -0.15) is 13.5 Å². The first kappa shape index (κ1) is 13.4. The molecule has 0 atom stereocenters. The summed E-state index contributed by atoms with van der Waals surface area (Å²) < 4.78 is 31.2. The third-order valence-corrected chi connectivity index (χ3v) is 3.62. The second-order valence-corrected chi connectivity index (χ2v) is 5.45. The van der Waals surface area contributed by atoms with E-state index in [2.05, 4.69) is 19.9 Å². The monoisotopic (exact) mass is 283 g/mol. The van der Waals surface area contributed by atoms with Gasteiger partial charge in [0.05, 0.1) is 17.9 Å². The van der Waals surface area contributed by atoms with E-state index in [0.717, 1.165) is 0 Å². The lowest BCUT2D eigenvalue weighted by molar-refractivity contribution is 0.417. The summed E-state index contributed by atoms with van der Waals surface area (Å²) >= 11 is 0. The largest absolute Gasteiger partial charge is 0.446 e. The Bertz CT molecular complexity index is 695. The van der Waals surface area contributed by atoms with Crippen molar-refractivity contribution in [3.63, 3.8) is 0 Å². The van der Waals surface area contributed by atoms with E-state index in [1.807, 2.05) is 0 Å². The van der Waals surface area contributed by atoms with Gasteiger partial charge >= 0.3 is 0 Å². The van der Waals surface area contributed by atoms with Crippen LogP contribution in [0.5, 0.6) is 0 Å². The van der Waals surface area contributed by atoms with E-state index in [0.29, 0.717) is 17.1 Å². The van der Waals surface area contributed by atoms with Gasteiger partial charge < -0.3 is 10.2 Å². The van der Waals surface area contributed by atoms with Crippen molar-refractivity contribution < 1.29 is 12.8 Å². The van der Waals surface area contributed by atoms with Gasteiger partial charge in [-0.15, -0.1) is 5.10 Å². The molecule has 19 heavy (non-hydrogen) atoms. The number of rotatable bonds is 4. The van der Waals surface area contributed by atoms with Crippen LogP contribution < -0.4 is 10.5 Å². The normalized spacial score (nSPS) is 11.5. The maximum absolute atomic E-state index is 12.0. The average Bonchev–Trinajstić information content (AvgIpc) is 2.83. The first-order chi connectivity index (χ1) is 8.92. The van der Waals surface area contributed by atoms with Crippen molar-refractivity contribution in [2.24, 2.45) is 5.73 Å². The van der Waals surface area contributed by atoms with Crippen LogP contribution in [0.1, 0.15) is 17.1 Å². The van der Waals surface area contributed by atoms with E-state index in [1.54, 1.807) is 13.8 Å². The molecule has 0 radical (unpaired) electrons. The molecule has 0 saturated carbocycles. The van der Waals surface area contributed by atoms with Crippen molar-refractivity contribution >= 4 is 16.0 Å². The fourth-order valence-electron chi connectivity index (χ4n) is 1.28. The first-order valence-corrected chi connectivity index (χ1v) is 6.90. The van der Waals surface area contributed by atoms with Crippen LogP contribution >= 0.6 is 0 Å². The van der Waals surface area contributed by atoms with Gasteiger partial charge in [-0.05, 0) is 26.0 Å². The summed E-state index contributed by atoms with van der Waals surface area (Å²) in [4.78, 5) is 3.98. The fraction of sp³-hybridized carbons (Fsp3) is 0.300. The number of furan rings is 1. The minimum absolute atomic E-state index is 0.103. The topological polar surface area (TPSA) is 124 Å². The van der Waals surface area contributed by atoms with Gasteiger partial charge in [0.1, 0.15) is 5.76 Å². The number of nitrogens with two attached hydrogens (primary N) is 1. The molecule has 2 rings (SSSR count). The van der Waals surface area contributed by atoms with Crippen molar-refractivity contribution in [3.05, 3.63) is 29.3 Å². The summed E-state index contributed by atoms with van der Waals surface area (Å²) in [5.41, 5.74) is 6.58. The maximum Gasteiger partial charge on any atom is 0.297 e. The Morgan fingerprint density at radius 3 is 2.58 bits per heavy atom. The van der Waals surface area contributed by atoms with E-state index in [9.17, 15) is 8.42 Å².